The van der Waals surface area contributed by atoms with Crippen LogP contribution in [0.2, 0.25) is 4.34 Å². The standard InChI is InChI=1S/C18H28ClN3O2S/c1-2-21(13-15-8-9-16(19)25-15)14-17(23)20-10-6-12-22-11-5-3-4-7-18(22)24/h8-9H,2-7,10-14H2,1H3,(H,20,23). The van der Waals surface area contributed by atoms with Crippen molar-refractivity contribution in [3.63, 3.8) is 0 Å². The van der Waals surface area contributed by atoms with Gasteiger partial charge < -0.3 is 10.2 Å². The van der Waals surface area contributed by atoms with Gasteiger partial charge in [-0.25, -0.2) is 0 Å². The molecular weight excluding hydrogens is 358 g/mol. The summed E-state index contributed by atoms with van der Waals surface area (Å²) in [7, 11) is 0. The van der Waals surface area contributed by atoms with Gasteiger partial charge in [0.25, 0.3) is 0 Å². The molecule has 0 bridgehead atoms. The van der Waals surface area contributed by atoms with Crippen molar-refractivity contribution >= 4 is 34.8 Å². The van der Waals surface area contributed by atoms with E-state index in [1.54, 1.807) is 11.3 Å². The van der Waals surface area contributed by atoms with Crippen molar-refractivity contribution in [3.8, 4) is 0 Å². The van der Waals surface area contributed by atoms with Crippen LogP contribution in [0, 0.1) is 0 Å². The Morgan fingerprint density at radius 2 is 2.20 bits per heavy atom. The van der Waals surface area contributed by atoms with Crippen LogP contribution in [0.5, 0.6) is 0 Å². The summed E-state index contributed by atoms with van der Waals surface area (Å²) < 4.78 is 0.776. The van der Waals surface area contributed by atoms with Crippen LogP contribution in [-0.4, -0.2) is 54.3 Å². The maximum atomic E-state index is 12.1. The lowest BCUT2D eigenvalue weighted by atomic mass is 10.2. The van der Waals surface area contributed by atoms with E-state index >= 15 is 0 Å². The van der Waals surface area contributed by atoms with Gasteiger partial charge in [0.05, 0.1) is 10.9 Å². The Bertz CT molecular complexity index is 564. The second-order valence-electron chi connectivity index (χ2n) is 6.40. The van der Waals surface area contributed by atoms with E-state index in [2.05, 4.69) is 10.2 Å². The van der Waals surface area contributed by atoms with Crippen LogP contribution in [0.4, 0.5) is 0 Å². The molecule has 0 radical (unpaired) electrons. The molecule has 0 aromatic carbocycles. The van der Waals surface area contributed by atoms with Crippen molar-refractivity contribution in [1.82, 2.24) is 15.1 Å². The number of thiophene rings is 1. The smallest absolute Gasteiger partial charge is 0.234 e. The number of halogens is 1. The third-order valence-corrected chi connectivity index (χ3v) is 5.64. The molecule has 0 spiro atoms. The zero-order valence-electron chi connectivity index (χ0n) is 14.9. The van der Waals surface area contributed by atoms with Gasteiger partial charge in [-0.15, -0.1) is 11.3 Å². The number of carbonyl (C=O) groups is 2. The first-order chi connectivity index (χ1) is 12.1. The lowest BCUT2D eigenvalue weighted by molar-refractivity contribution is -0.130. The Labute approximate surface area is 159 Å². The van der Waals surface area contributed by atoms with Crippen LogP contribution < -0.4 is 5.32 Å². The first-order valence-corrected chi connectivity index (χ1v) is 10.3. The third kappa shape index (κ3) is 7.34. The molecule has 0 unspecified atom stereocenters. The molecule has 2 amide bonds. The average molecular weight is 386 g/mol. The fourth-order valence-electron chi connectivity index (χ4n) is 2.97. The third-order valence-electron chi connectivity index (χ3n) is 4.42. The highest BCUT2D eigenvalue weighted by Gasteiger charge is 2.16. The van der Waals surface area contributed by atoms with Crippen molar-refractivity contribution in [1.29, 1.82) is 0 Å². The number of hydrogen-bond acceptors (Lipinski definition) is 4. The Morgan fingerprint density at radius 1 is 1.36 bits per heavy atom. The van der Waals surface area contributed by atoms with E-state index in [-0.39, 0.29) is 11.8 Å². The van der Waals surface area contributed by atoms with E-state index in [1.165, 1.54) is 4.88 Å². The molecule has 1 saturated heterocycles. The number of hydrogen-bond donors (Lipinski definition) is 1. The number of amides is 2. The topological polar surface area (TPSA) is 52.7 Å². The van der Waals surface area contributed by atoms with Crippen LogP contribution >= 0.6 is 22.9 Å². The van der Waals surface area contributed by atoms with Gasteiger partial charge in [-0.2, -0.15) is 0 Å². The molecule has 7 heteroatoms. The molecule has 2 rings (SSSR count). The quantitative estimate of drug-likeness (QED) is 0.664. The Hall–Kier alpha value is -1.11. The van der Waals surface area contributed by atoms with E-state index in [9.17, 15) is 9.59 Å². The number of likely N-dealkylation sites (tertiary alicyclic amines) is 1. The fourth-order valence-corrected chi connectivity index (χ4v) is 4.10. The molecule has 1 aromatic heterocycles. The van der Waals surface area contributed by atoms with Gasteiger partial charge in [-0.05, 0) is 37.9 Å². The van der Waals surface area contributed by atoms with E-state index < -0.39 is 0 Å². The predicted molar refractivity (Wildman–Crippen MR) is 103 cm³/mol. The molecule has 2 heterocycles. The molecule has 0 saturated carbocycles. The van der Waals surface area contributed by atoms with Crippen LogP contribution in [0.3, 0.4) is 0 Å². The normalized spacial score (nSPS) is 15.5. The van der Waals surface area contributed by atoms with Crippen LogP contribution in [0.15, 0.2) is 12.1 Å². The zero-order valence-corrected chi connectivity index (χ0v) is 16.5. The summed E-state index contributed by atoms with van der Waals surface area (Å²) in [5, 5.41) is 2.97. The first kappa shape index (κ1) is 20.2. The van der Waals surface area contributed by atoms with Crippen molar-refractivity contribution in [2.75, 3.05) is 32.7 Å². The predicted octanol–water partition coefficient (Wildman–Crippen LogP) is 3.13. The molecule has 1 aromatic rings. The highest BCUT2D eigenvalue weighted by Crippen LogP contribution is 2.22. The monoisotopic (exact) mass is 385 g/mol. The Balaban J connectivity index is 1.64. The van der Waals surface area contributed by atoms with Gasteiger partial charge in [0.15, 0.2) is 0 Å². The average Bonchev–Trinajstić information content (AvgIpc) is 2.88. The summed E-state index contributed by atoms with van der Waals surface area (Å²) in [5.41, 5.74) is 0. The molecule has 0 aliphatic carbocycles. The van der Waals surface area contributed by atoms with Crippen molar-refractivity contribution < 1.29 is 9.59 Å². The summed E-state index contributed by atoms with van der Waals surface area (Å²) >= 11 is 7.51. The van der Waals surface area contributed by atoms with Crippen molar-refractivity contribution in [2.45, 2.75) is 45.6 Å². The number of likely N-dealkylation sites (N-methyl/N-ethyl adjacent to an activating group) is 1. The summed E-state index contributed by atoms with van der Waals surface area (Å²) in [6, 6.07) is 3.89. The molecule has 1 aliphatic rings. The van der Waals surface area contributed by atoms with Gasteiger partial charge in [0.2, 0.25) is 11.8 Å². The number of rotatable bonds is 9. The van der Waals surface area contributed by atoms with Crippen LogP contribution in [0.25, 0.3) is 0 Å². The van der Waals surface area contributed by atoms with Crippen LogP contribution in [-0.2, 0) is 16.1 Å². The molecule has 5 nitrogen and oxygen atoms in total. The Kier molecular flexibility index (Phi) is 8.72. The molecule has 1 N–H and O–H groups in total. The minimum atomic E-state index is 0.0340. The van der Waals surface area contributed by atoms with Gasteiger partial charge in [-0.3, -0.25) is 14.5 Å². The van der Waals surface area contributed by atoms with Gasteiger partial charge in [-0.1, -0.05) is 24.9 Å². The summed E-state index contributed by atoms with van der Waals surface area (Å²) in [4.78, 5) is 29.2. The molecule has 1 fully saturated rings. The molecule has 0 atom stereocenters. The van der Waals surface area contributed by atoms with Gasteiger partial charge in [0.1, 0.15) is 0 Å². The largest absolute Gasteiger partial charge is 0.355 e. The number of nitrogens with zero attached hydrogens (tertiary/aromatic N) is 2. The first-order valence-electron chi connectivity index (χ1n) is 9.09. The fraction of sp³-hybridized carbons (Fsp3) is 0.667. The van der Waals surface area contributed by atoms with E-state index in [0.717, 1.165) is 56.2 Å². The van der Waals surface area contributed by atoms with Gasteiger partial charge >= 0.3 is 0 Å². The summed E-state index contributed by atoms with van der Waals surface area (Å²) in [6.07, 6.45) is 4.72. The lowest BCUT2D eigenvalue weighted by Crippen LogP contribution is -2.38. The zero-order chi connectivity index (χ0) is 18.1. The minimum Gasteiger partial charge on any atom is -0.355 e. The van der Waals surface area contributed by atoms with Crippen molar-refractivity contribution in [2.24, 2.45) is 0 Å². The molecular formula is C18H28ClN3O2S. The SMILES string of the molecule is CCN(CC(=O)NCCCN1CCCCCC1=O)Cc1ccc(Cl)s1. The van der Waals surface area contributed by atoms with Gasteiger partial charge in [0, 0.05) is 37.5 Å². The van der Waals surface area contributed by atoms with E-state index in [0.29, 0.717) is 19.5 Å². The van der Waals surface area contributed by atoms with Crippen LogP contribution in [0.1, 0.15) is 43.9 Å². The van der Waals surface area contributed by atoms with E-state index in [4.69, 9.17) is 11.6 Å². The maximum Gasteiger partial charge on any atom is 0.234 e. The highest BCUT2D eigenvalue weighted by molar-refractivity contribution is 7.16. The second-order valence-corrected chi connectivity index (χ2v) is 8.20. The lowest BCUT2D eigenvalue weighted by Gasteiger charge is -2.21. The maximum absolute atomic E-state index is 12.1. The minimum absolute atomic E-state index is 0.0340. The summed E-state index contributed by atoms with van der Waals surface area (Å²) in [6.45, 7) is 6.20. The molecule has 1 aliphatic heterocycles. The Morgan fingerprint density at radius 3 is 2.92 bits per heavy atom. The van der Waals surface area contributed by atoms with Crippen molar-refractivity contribution in [3.05, 3.63) is 21.3 Å². The second kappa shape index (κ2) is 10.8. The molecule has 140 valence electrons. The number of nitrogens with one attached hydrogen (secondary N) is 1. The number of carbonyl (C=O) groups excluding carboxylic acids is 2. The van der Waals surface area contributed by atoms with E-state index in [1.807, 2.05) is 24.0 Å². The summed E-state index contributed by atoms with van der Waals surface area (Å²) in [5.74, 6) is 0.294. The molecule has 25 heavy (non-hydrogen) atoms. The highest BCUT2D eigenvalue weighted by atomic mass is 35.5.